The van der Waals surface area contributed by atoms with Gasteiger partial charge in [0.25, 0.3) is 5.69 Å². The number of aromatic hydroxyl groups is 2. The van der Waals surface area contributed by atoms with Crippen molar-refractivity contribution in [2.75, 3.05) is 13.4 Å². The molecular formula is C51H47FN2O18S. The van der Waals surface area contributed by atoms with Crippen LogP contribution in [-0.2, 0) is 49.4 Å². The highest BCUT2D eigenvalue weighted by atomic mass is 32.1. The van der Waals surface area contributed by atoms with Crippen LogP contribution in [0.4, 0.5) is 10.1 Å². The molecule has 0 spiro atoms. The topological polar surface area (TPSA) is 273 Å². The van der Waals surface area contributed by atoms with Crippen LogP contribution in [0.25, 0.3) is 20.8 Å². The molecule has 2 saturated carbocycles. The highest BCUT2D eigenvalue weighted by molar-refractivity contribution is 7.21. The summed E-state index contributed by atoms with van der Waals surface area (Å²) in [6, 6.07) is 16.5. The van der Waals surface area contributed by atoms with E-state index in [2.05, 4.69) is 17.9 Å². The third-order valence-electron chi connectivity index (χ3n) is 12.0. The van der Waals surface area contributed by atoms with E-state index in [-0.39, 0.29) is 78.9 Å². The van der Waals surface area contributed by atoms with Gasteiger partial charge in [-0.3, -0.25) is 29.3 Å². The lowest BCUT2D eigenvalue weighted by Gasteiger charge is -2.26. The molecule has 1 aromatic heterocycles. The molecule has 4 aromatic carbocycles. The number of benzene rings is 4. The first-order chi connectivity index (χ1) is 35.1. The lowest BCUT2D eigenvalue weighted by molar-refractivity contribution is -0.384. The van der Waals surface area contributed by atoms with Gasteiger partial charge in [0.2, 0.25) is 6.79 Å². The number of nitro benzene ring substituents is 1. The third-order valence-corrected chi connectivity index (χ3v) is 13.2. The van der Waals surface area contributed by atoms with Crippen molar-refractivity contribution in [2.24, 2.45) is 23.7 Å². The average Bonchev–Trinajstić information content (AvgIpc) is 3.85. The van der Waals surface area contributed by atoms with E-state index in [1.54, 1.807) is 24.3 Å². The van der Waals surface area contributed by atoms with E-state index < -0.39 is 83.5 Å². The molecule has 0 amide bonds. The van der Waals surface area contributed by atoms with Crippen LogP contribution in [0.5, 0.6) is 40.2 Å². The summed E-state index contributed by atoms with van der Waals surface area (Å²) in [4.78, 5) is 91.6. The summed E-state index contributed by atoms with van der Waals surface area (Å²) < 4.78 is 57.3. The molecule has 382 valence electrons. The second-order valence-electron chi connectivity index (χ2n) is 16.7. The Labute approximate surface area is 419 Å². The Morgan fingerprint density at radius 1 is 0.699 bits per heavy atom. The molecule has 5 aromatic rings. The van der Waals surface area contributed by atoms with E-state index >= 15 is 0 Å². The Morgan fingerprint density at radius 3 is 1.85 bits per heavy atom. The minimum atomic E-state index is -2.62. The number of halogens is 1. The first kappa shape index (κ1) is 52.4. The number of hydrogen-bond acceptors (Lipinski definition) is 20. The van der Waals surface area contributed by atoms with Gasteiger partial charge in [0.05, 0.1) is 39.9 Å². The molecule has 73 heavy (non-hydrogen) atoms. The lowest BCUT2D eigenvalue weighted by Crippen LogP contribution is -2.30. The Bertz CT molecular complexity index is 2910. The van der Waals surface area contributed by atoms with Crippen LogP contribution in [-0.4, -0.2) is 75.9 Å². The lowest BCUT2D eigenvalue weighted by atomic mass is 9.82. The number of nitro groups is 1. The van der Waals surface area contributed by atoms with Crippen molar-refractivity contribution in [2.45, 2.75) is 64.3 Å². The first-order valence-corrected chi connectivity index (χ1v) is 23.6. The van der Waals surface area contributed by atoms with Crippen molar-refractivity contribution in [3.63, 3.8) is 0 Å². The molecule has 2 aliphatic carbocycles. The summed E-state index contributed by atoms with van der Waals surface area (Å²) in [5, 5.41) is 31.1. The number of alkyl halides is 1. The van der Waals surface area contributed by atoms with Crippen LogP contribution < -0.4 is 23.7 Å². The maximum Gasteiger partial charge on any atom is 0.399 e. The molecule has 0 aliphatic heterocycles. The first-order valence-electron chi connectivity index (χ1n) is 22.8. The Hall–Kier alpha value is -8.40. The number of carbonyl (C=O) groups is 6. The minimum absolute atomic E-state index is 0.00478. The number of aromatic nitrogens is 1. The van der Waals surface area contributed by atoms with Crippen LogP contribution in [0.15, 0.2) is 98.1 Å². The maximum atomic E-state index is 14.5. The molecule has 0 bridgehead atoms. The summed E-state index contributed by atoms with van der Waals surface area (Å²) in [7, 11) is 0. The molecule has 1 heterocycles. The molecule has 0 saturated heterocycles. The quantitative estimate of drug-likeness (QED) is 0.0108. The largest absolute Gasteiger partial charge is 0.504 e. The van der Waals surface area contributed by atoms with Crippen molar-refractivity contribution in [3.8, 4) is 50.8 Å². The fraction of sp³-hybridized carbons (Fsp3) is 0.314. The van der Waals surface area contributed by atoms with Crippen molar-refractivity contribution < 1.29 is 86.2 Å². The van der Waals surface area contributed by atoms with Gasteiger partial charge < -0.3 is 48.1 Å². The highest BCUT2D eigenvalue weighted by Gasteiger charge is 2.34. The summed E-state index contributed by atoms with van der Waals surface area (Å²) >= 11 is 1.26. The molecule has 22 heteroatoms. The molecule has 2 aliphatic rings. The second kappa shape index (κ2) is 24.1. The number of carbonyl (C=O) groups excluding carboxylic acids is 6. The summed E-state index contributed by atoms with van der Waals surface area (Å²) in [6.45, 7) is 3.23. The van der Waals surface area contributed by atoms with Crippen molar-refractivity contribution in [3.05, 3.63) is 114 Å². The normalized spacial score (nSPS) is 17.7. The van der Waals surface area contributed by atoms with Crippen molar-refractivity contribution >= 4 is 63.1 Å². The molecular weight excluding hydrogens is 980 g/mol. The van der Waals surface area contributed by atoms with Gasteiger partial charge in [0.15, 0.2) is 28.7 Å². The minimum Gasteiger partial charge on any atom is -0.504 e. The van der Waals surface area contributed by atoms with E-state index in [9.17, 15) is 53.5 Å². The Kier molecular flexibility index (Phi) is 17.3. The van der Waals surface area contributed by atoms with E-state index in [1.165, 1.54) is 47.7 Å². The van der Waals surface area contributed by atoms with Gasteiger partial charge in [0.1, 0.15) is 22.0 Å². The zero-order valence-corrected chi connectivity index (χ0v) is 39.6. The average molecular weight is 1030 g/mol. The van der Waals surface area contributed by atoms with Crippen LogP contribution >= 0.6 is 11.3 Å². The molecule has 2 N–H and O–H groups in total. The van der Waals surface area contributed by atoms with Gasteiger partial charge in [-0.05, 0) is 99.4 Å². The number of esters is 6. The second-order valence-corrected chi connectivity index (χ2v) is 17.7. The fourth-order valence-corrected chi connectivity index (χ4v) is 9.20. The molecule has 1 unspecified atom stereocenters. The SMILES string of the molecule is C=CC(=O)OCOc1ccc(OC(=O)C2CCC(C(=O)Oc3ccc(CCOC(=O)C4CCC(C(=O)Oc5ccc(O)c(O)c5)CC4)c4sc(-c5ccc([N+](=O)[O-])cc5)nc34)CC2)cc1OC(F)OC(=O)C=C. The number of thiazole rings is 1. The fourth-order valence-electron chi connectivity index (χ4n) is 8.07. The van der Waals surface area contributed by atoms with Gasteiger partial charge in [-0.15, -0.1) is 11.3 Å². The number of ether oxygens (including phenoxy) is 8. The molecule has 1 atom stereocenters. The van der Waals surface area contributed by atoms with E-state index in [0.29, 0.717) is 46.5 Å². The number of hydrogen-bond donors (Lipinski definition) is 2. The van der Waals surface area contributed by atoms with Gasteiger partial charge in [-0.25, -0.2) is 14.6 Å². The van der Waals surface area contributed by atoms with E-state index in [4.69, 9.17) is 38.1 Å². The number of phenolic OH excluding ortho intramolecular Hbond substituents is 2. The Morgan fingerprint density at radius 2 is 1.26 bits per heavy atom. The number of nitrogens with zero attached hydrogens (tertiary/aromatic N) is 2. The summed E-state index contributed by atoms with van der Waals surface area (Å²) in [5.41, 5.74) is 1.54. The number of rotatable bonds is 20. The molecule has 20 nitrogen and oxygen atoms in total. The molecule has 2 fully saturated rings. The predicted molar refractivity (Wildman–Crippen MR) is 254 cm³/mol. The summed E-state index contributed by atoms with van der Waals surface area (Å²) in [5.74, 6) is -7.33. The van der Waals surface area contributed by atoms with Gasteiger partial charge in [-0.2, -0.15) is 4.39 Å². The smallest absolute Gasteiger partial charge is 0.399 e. The summed E-state index contributed by atoms with van der Waals surface area (Å²) in [6.07, 6.45) is 4.46. The number of fused-ring (bicyclic) bond motifs is 1. The monoisotopic (exact) mass is 1030 g/mol. The molecule has 7 rings (SSSR count). The van der Waals surface area contributed by atoms with Crippen LogP contribution in [0.1, 0.15) is 56.9 Å². The number of non-ortho nitro benzene ring substituents is 1. The third kappa shape index (κ3) is 13.7. The standard InChI is InChI=1S/C51H47FN2O18S/c1-3-42(57)67-27-66-39-22-19-36(26-41(39)71-51(52)72-43(58)4-2)69-49(61)32-9-11-33(12-10-32)50(62)70-40-21-15-28(45-44(40)53-46(73-45)29-13-16-34(17-14-29)54(63)64)23-24-65-47(59)30-5-7-31(8-6-30)48(60)68-35-18-20-37(55)38(56)25-35/h3-4,13-22,25-26,30-33,51,55-56H,1-2,5-12,23-24,27H2. The van der Waals surface area contributed by atoms with Gasteiger partial charge in [-0.1, -0.05) is 19.2 Å². The van der Waals surface area contributed by atoms with Crippen LogP contribution in [0, 0.1) is 33.8 Å². The van der Waals surface area contributed by atoms with E-state index in [0.717, 1.165) is 29.8 Å². The maximum absolute atomic E-state index is 14.5. The van der Waals surface area contributed by atoms with Gasteiger partial charge in [0, 0.05) is 48.4 Å². The van der Waals surface area contributed by atoms with Crippen molar-refractivity contribution in [1.82, 2.24) is 4.98 Å². The highest BCUT2D eigenvalue weighted by Crippen LogP contribution is 2.40. The van der Waals surface area contributed by atoms with Crippen molar-refractivity contribution in [1.29, 1.82) is 0 Å². The molecule has 0 radical (unpaired) electrons. The predicted octanol–water partition coefficient (Wildman–Crippen LogP) is 8.52. The van der Waals surface area contributed by atoms with Crippen LogP contribution in [0.3, 0.4) is 0 Å². The number of phenols is 2. The zero-order valence-electron chi connectivity index (χ0n) is 38.8. The van der Waals surface area contributed by atoms with E-state index in [1.807, 2.05) is 0 Å². The van der Waals surface area contributed by atoms with Gasteiger partial charge >= 0.3 is 42.4 Å². The van der Waals surface area contributed by atoms with Crippen LogP contribution in [0.2, 0.25) is 0 Å². The zero-order chi connectivity index (χ0) is 52.2. The Balaban J connectivity index is 0.962.